The number of nitrogens with zero attached hydrogens (tertiary/aromatic N) is 3. The monoisotopic (exact) mass is 491 g/mol. The summed E-state index contributed by atoms with van der Waals surface area (Å²) in [6, 6.07) is 13.7. The number of aromatic nitrogens is 2. The Morgan fingerprint density at radius 3 is 2.44 bits per heavy atom. The van der Waals surface area contributed by atoms with Gasteiger partial charge in [-0.25, -0.2) is 4.98 Å². The molecule has 190 valence electrons. The van der Waals surface area contributed by atoms with E-state index in [1.54, 1.807) is 39.7 Å². The molecule has 3 aromatic rings. The number of aryl methyl sites for hydroxylation is 1. The summed E-state index contributed by atoms with van der Waals surface area (Å²) < 4.78 is 16.3. The molecule has 4 rings (SSSR count). The molecule has 0 radical (unpaired) electrons. The molecule has 0 saturated carbocycles. The van der Waals surface area contributed by atoms with Crippen molar-refractivity contribution < 1.29 is 19.0 Å². The summed E-state index contributed by atoms with van der Waals surface area (Å²) in [5, 5.41) is 6.31. The molecular weight excluding hydrogens is 458 g/mol. The zero-order valence-corrected chi connectivity index (χ0v) is 21.2. The third kappa shape index (κ3) is 5.97. The van der Waals surface area contributed by atoms with Crippen molar-refractivity contribution in [2.45, 2.75) is 26.3 Å². The molecule has 2 heterocycles. The predicted octanol–water partition coefficient (Wildman–Crippen LogP) is 4.09. The van der Waals surface area contributed by atoms with Gasteiger partial charge in [-0.15, -0.1) is 0 Å². The second-order valence-electron chi connectivity index (χ2n) is 8.77. The fourth-order valence-corrected chi connectivity index (χ4v) is 4.31. The van der Waals surface area contributed by atoms with Crippen LogP contribution in [0.5, 0.6) is 17.2 Å². The summed E-state index contributed by atoms with van der Waals surface area (Å²) in [5.74, 6) is 2.77. The Morgan fingerprint density at radius 1 is 1.06 bits per heavy atom. The highest BCUT2D eigenvalue weighted by atomic mass is 16.5. The van der Waals surface area contributed by atoms with E-state index in [0.717, 1.165) is 30.8 Å². The largest absolute Gasteiger partial charge is 0.493 e. The molecule has 1 saturated heterocycles. The van der Waals surface area contributed by atoms with Crippen LogP contribution in [0, 0.1) is 12.8 Å². The lowest BCUT2D eigenvalue weighted by Gasteiger charge is -2.33. The minimum atomic E-state index is -0.0920. The van der Waals surface area contributed by atoms with Gasteiger partial charge in [0.15, 0.2) is 11.5 Å². The van der Waals surface area contributed by atoms with Crippen LogP contribution in [0.25, 0.3) is 0 Å². The molecule has 1 fully saturated rings. The van der Waals surface area contributed by atoms with E-state index >= 15 is 0 Å². The van der Waals surface area contributed by atoms with Gasteiger partial charge in [0.25, 0.3) is 0 Å². The molecule has 0 unspecified atom stereocenters. The van der Waals surface area contributed by atoms with Crippen molar-refractivity contribution in [2.75, 3.05) is 44.6 Å². The second kappa shape index (κ2) is 11.6. The predicted molar refractivity (Wildman–Crippen MR) is 139 cm³/mol. The number of amides is 1. The van der Waals surface area contributed by atoms with E-state index in [4.69, 9.17) is 19.2 Å². The van der Waals surface area contributed by atoms with Gasteiger partial charge in [0, 0.05) is 43.7 Å². The lowest BCUT2D eigenvalue weighted by molar-refractivity contribution is -0.125. The maximum atomic E-state index is 12.9. The number of rotatable bonds is 9. The number of hydrogen-bond acceptors (Lipinski definition) is 8. The van der Waals surface area contributed by atoms with E-state index in [1.807, 2.05) is 18.2 Å². The Hall–Kier alpha value is -4.01. The molecule has 2 aromatic carbocycles. The van der Waals surface area contributed by atoms with Gasteiger partial charge in [0.1, 0.15) is 5.82 Å². The van der Waals surface area contributed by atoms with Gasteiger partial charge in [-0.3, -0.25) is 4.79 Å². The number of ether oxygens (including phenoxy) is 3. The van der Waals surface area contributed by atoms with E-state index in [9.17, 15) is 4.79 Å². The first-order chi connectivity index (χ1) is 17.5. The van der Waals surface area contributed by atoms with Crippen molar-refractivity contribution in [3.8, 4) is 17.2 Å². The fraction of sp³-hybridized carbons (Fsp3) is 0.370. The number of benzene rings is 2. The third-order valence-electron chi connectivity index (χ3n) is 6.27. The Balaban J connectivity index is 1.42. The Labute approximate surface area is 211 Å². The van der Waals surface area contributed by atoms with Gasteiger partial charge in [0.2, 0.25) is 17.6 Å². The zero-order valence-electron chi connectivity index (χ0n) is 21.2. The summed E-state index contributed by atoms with van der Waals surface area (Å²) in [7, 11) is 4.71. The average Bonchev–Trinajstić information content (AvgIpc) is 2.92. The highest BCUT2D eigenvalue weighted by Gasteiger charge is 2.26. The molecule has 9 nitrogen and oxygen atoms in total. The van der Waals surface area contributed by atoms with E-state index in [1.165, 1.54) is 5.56 Å². The number of carbonyl (C=O) groups is 1. The third-order valence-corrected chi connectivity index (χ3v) is 6.27. The van der Waals surface area contributed by atoms with Crippen LogP contribution in [0.1, 0.15) is 24.0 Å². The van der Waals surface area contributed by atoms with E-state index < -0.39 is 0 Å². The first kappa shape index (κ1) is 25.1. The van der Waals surface area contributed by atoms with Gasteiger partial charge in [0.05, 0.1) is 27.2 Å². The van der Waals surface area contributed by atoms with Crippen LogP contribution in [-0.2, 0) is 11.3 Å². The van der Waals surface area contributed by atoms with Crippen LogP contribution in [0.4, 0.5) is 17.5 Å². The van der Waals surface area contributed by atoms with Gasteiger partial charge in [-0.1, -0.05) is 29.8 Å². The van der Waals surface area contributed by atoms with Crippen molar-refractivity contribution in [3.05, 3.63) is 59.8 Å². The maximum absolute atomic E-state index is 12.9. The molecule has 9 heteroatoms. The van der Waals surface area contributed by atoms with Crippen LogP contribution in [0.15, 0.2) is 48.7 Å². The zero-order chi connectivity index (χ0) is 25.5. The van der Waals surface area contributed by atoms with Crippen molar-refractivity contribution >= 4 is 23.4 Å². The lowest BCUT2D eigenvalue weighted by Crippen LogP contribution is -2.43. The standard InChI is InChI=1S/C27H33N5O4/c1-18-7-9-19(10-8-18)16-29-26(33)20-6-5-13-32(17-20)24-11-12-28-27(31-24)30-21-14-22(34-2)25(36-4)23(15-21)35-3/h7-12,14-15,20H,5-6,13,16-17H2,1-4H3,(H,29,33)(H,28,30,31)/t20-/m1/s1. The Bertz CT molecular complexity index is 1160. The summed E-state index contributed by atoms with van der Waals surface area (Å²) in [4.78, 5) is 24.1. The first-order valence-electron chi connectivity index (χ1n) is 12.0. The fourth-order valence-electron chi connectivity index (χ4n) is 4.31. The number of carbonyl (C=O) groups excluding carboxylic acids is 1. The molecule has 1 aliphatic heterocycles. The highest BCUT2D eigenvalue weighted by molar-refractivity contribution is 5.79. The van der Waals surface area contributed by atoms with E-state index in [2.05, 4.69) is 39.6 Å². The number of nitrogens with one attached hydrogen (secondary N) is 2. The molecule has 1 aliphatic rings. The van der Waals surface area contributed by atoms with Gasteiger partial charge in [-0.05, 0) is 31.4 Å². The van der Waals surface area contributed by atoms with Crippen molar-refractivity contribution in [3.63, 3.8) is 0 Å². The topological polar surface area (TPSA) is 97.8 Å². The van der Waals surface area contributed by atoms with Crippen molar-refractivity contribution in [2.24, 2.45) is 5.92 Å². The molecule has 1 atom stereocenters. The first-order valence-corrected chi connectivity index (χ1v) is 12.0. The minimum Gasteiger partial charge on any atom is -0.493 e. The van der Waals surface area contributed by atoms with Crippen LogP contribution in [-0.4, -0.2) is 50.3 Å². The van der Waals surface area contributed by atoms with E-state index in [0.29, 0.717) is 42.0 Å². The van der Waals surface area contributed by atoms with Crippen LogP contribution >= 0.6 is 0 Å². The Kier molecular flexibility index (Phi) is 8.10. The molecule has 0 aliphatic carbocycles. The average molecular weight is 492 g/mol. The van der Waals surface area contributed by atoms with Gasteiger partial charge >= 0.3 is 0 Å². The van der Waals surface area contributed by atoms with Crippen LogP contribution in [0.2, 0.25) is 0 Å². The summed E-state index contributed by atoms with van der Waals surface area (Å²) in [5.41, 5.74) is 3.01. The molecule has 1 amide bonds. The SMILES string of the molecule is COc1cc(Nc2nccc(N3CCC[C@@H](C(=O)NCc4ccc(C)cc4)C3)n2)cc(OC)c1OC. The van der Waals surface area contributed by atoms with Crippen molar-refractivity contribution in [1.82, 2.24) is 15.3 Å². The summed E-state index contributed by atoms with van der Waals surface area (Å²) in [6.45, 7) is 4.03. The molecule has 0 spiro atoms. The summed E-state index contributed by atoms with van der Waals surface area (Å²) in [6.07, 6.45) is 3.49. The number of hydrogen-bond donors (Lipinski definition) is 2. The van der Waals surface area contributed by atoms with Gasteiger partial charge in [-0.2, -0.15) is 4.98 Å². The lowest BCUT2D eigenvalue weighted by atomic mass is 9.97. The molecule has 36 heavy (non-hydrogen) atoms. The Morgan fingerprint density at radius 2 is 1.78 bits per heavy atom. The number of methoxy groups -OCH3 is 3. The normalized spacial score (nSPS) is 15.2. The van der Waals surface area contributed by atoms with Crippen LogP contribution < -0.4 is 29.7 Å². The summed E-state index contributed by atoms with van der Waals surface area (Å²) >= 11 is 0. The van der Waals surface area contributed by atoms with Gasteiger partial charge < -0.3 is 29.7 Å². The highest BCUT2D eigenvalue weighted by Crippen LogP contribution is 2.40. The molecular formula is C27H33N5O4. The minimum absolute atomic E-state index is 0.0742. The quantitative estimate of drug-likeness (QED) is 0.462. The molecule has 1 aromatic heterocycles. The maximum Gasteiger partial charge on any atom is 0.229 e. The second-order valence-corrected chi connectivity index (χ2v) is 8.77. The van der Waals surface area contributed by atoms with E-state index in [-0.39, 0.29) is 11.8 Å². The number of anilines is 3. The van der Waals surface area contributed by atoms with Crippen LogP contribution in [0.3, 0.4) is 0 Å². The number of piperidine rings is 1. The molecule has 2 N–H and O–H groups in total. The van der Waals surface area contributed by atoms with Crippen molar-refractivity contribution in [1.29, 1.82) is 0 Å². The smallest absolute Gasteiger partial charge is 0.229 e. The molecule has 0 bridgehead atoms.